The second-order valence-corrected chi connectivity index (χ2v) is 6.66. The first-order chi connectivity index (χ1) is 11.6. The van der Waals surface area contributed by atoms with Crippen molar-refractivity contribution >= 4 is 27.5 Å². The molecule has 3 rings (SSSR count). The number of anilines is 1. The number of nitrogens with zero attached hydrogens (tertiary/aromatic N) is 3. The fourth-order valence-electron chi connectivity index (χ4n) is 2.91. The maximum Gasteiger partial charge on any atom is 0.278 e. The third-order valence-corrected chi connectivity index (χ3v) is 4.70. The molecule has 1 aromatic carbocycles. The van der Waals surface area contributed by atoms with Crippen LogP contribution in [-0.4, -0.2) is 41.1 Å². The van der Waals surface area contributed by atoms with Gasteiger partial charge in [-0.1, -0.05) is 21.1 Å². The Balaban J connectivity index is 1.81. The van der Waals surface area contributed by atoms with Crippen LogP contribution >= 0.6 is 15.9 Å². The standard InChI is InChI=1S/C16H20BrN5O2/c1-10-15(20-21-22(10)12-5-7-18-8-6-12)16(23)19-13-9-11(17)3-4-14(13)24-2/h3-4,9,12,18H,5-8H2,1-2H3,(H,19,23). The highest BCUT2D eigenvalue weighted by atomic mass is 79.9. The topological polar surface area (TPSA) is 81.1 Å². The largest absolute Gasteiger partial charge is 0.495 e. The number of carbonyl (C=O) groups is 1. The lowest BCUT2D eigenvalue weighted by atomic mass is 10.1. The molecule has 7 nitrogen and oxygen atoms in total. The summed E-state index contributed by atoms with van der Waals surface area (Å²) in [5.41, 5.74) is 1.72. The number of hydrogen-bond acceptors (Lipinski definition) is 5. The van der Waals surface area contributed by atoms with Gasteiger partial charge in [-0.2, -0.15) is 0 Å². The second-order valence-electron chi connectivity index (χ2n) is 5.75. The fraction of sp³-hybridized carbons (Fsp3) is 0.438. The Bertz CT molecular complexity index is 740. The zero-order chi connectivity index (χ0) is 17.1. The number of nitrogens with one attached hydrogen (secondary N) is 2. The summed E-state index contributed by atoms with van der Waals surface area (Å²) in [6.45, 7) is 3.80. The van der Waals surface area contributed by atoms with Crippen molar-refractivity contribution < 1.29 is 9.53 Å². The smallest absolute Gasteiger partial charge is 0.278 e. The molecule has 1 fully saturated rings. The van der Waals surface area contributed by atoms with E-state index in [0.29, 0.717) is 23.2 Å². The van der Waals surface area contributed by atoms with Crippen molar-refractivity contribution in [1.82, 2.24) is 20.3 Å². The van der Waals surface area contributed by atoms with E-state index in [1.807, 2.05) is 17.7 Å². The van der Waals surface area contributed by atoms with E-state index >= 15 is 0 Å². The molecule has 2 N–H and O–H groups in total. The van der Waals surface area contributed by atoms with Crippen molar-refractivity contribution in [3.63, 3.8) is 0 Å². The molecule has 0 aliphatic carbocycles. The first-order valence-electron chi connectivity index (χ1n) is 7.87. The molecule has 0 radical (unpaired) electrons. The summed E-state index contributed by atoms with van der Waals surface area (Å²) in [7, 11) is 1.57. The lowest BCUT2D eigenvalue weighted by Gasteiger charge is -2.23. The van der Waals surface area contributed by atoms with Gasteiger partial charge in [0, 0.05) is 4.47 Å². The van der Waals surface area contributed by atoms with E-state index in [9.17, 15) is 4.79 Å². The first kappa shape index (κ1) is 16.9. The maximum atomic E-state index is 12.6. The monoisotopic (exact) mass is 393 g/mol. The van der Waals surface area contributed by atoms with Crippen LogP contribution in [0.3, 0.4) is 0 Å². The minimum Gasteiger partial charge on any atom is -0.495 e. The van der Waals surface area contributed by atoms with Gasteiger partial charge in [0.15, 0.2) is 5.69 Å². The summed E-state index contributed by atoms with van der Waals surface area (Å²) in [6, 6.07) is 5.73. The number of halogens is 1. The van der Waals surface area contributed by atoms with Crippen molar-refractivity contribution in [3.8, 4) is 5.75 Å². The zero-order valence-corrected chi connectivity index (χ0v) is 15.3. The van der Waals surface area contributed by atoms with Gasteiger partial charge in [0.25, 0.3) is 5.91 Å². The van der Waals surface area contributed by atoms with Crippen molar-refractivity contribution in [2.24, 2.45) is 0 Å². The zero-order valence-electron chi connectivity index (χ0n) is 13.7. The van der Waals surface area contributed by atoms with Crippen LogP contribution < -0.4 is 15.4 Å². The number of ether oxygens (including phenoxy) is 1. The Kier molecular flexibility index (Phi) is 5.15. The molecule has 1 aromatic heterocycles. The molecular weight excluding hydrogens is 374 g/mol. The van der Waals surface area contributed by atoms with Crippen LogP contribution in [-0.2, 0) is 0 Å². The van der Waals surface area contributed by atoms with Gasteiger partial charge in [-0.25, -0.2) is 4.68 Å². The Morgan fingerprint density at radius 3 is 2.88 bits per heavy atom. The van der Waals surface area contributed by atoms with Gasteiger partial charge < -0.3 is 15.4 Å². The molecule has 128 valence electrons. The van der Waals surface area contributed by atoms with Crippen molar-refractivity contribution in [2.75, 3.05) is 25.5 Å². The van der Waals surface area contributed by atoms with Crippen LogP contribution in [0.1, 0.15) is 35.1 Å². The number of aromatic nitrogens is 3. The molecule has 8 heteroatoms. The highest BCUT2D eigenvalue weighted by Gasteiger charge is 2.23. The highest BCUT2D eigenvalue weighted by Crippen LogP contribution is 2.28. The second kappa shape index (κ2) is 7.31. The summed E-state index contributed by atoms with van der Waals surface area (Å²) in [4.78, 5) is 12.6. The summed E-state index contributed by atoms with van der Waals surface area (Å²) in [5.74, 6) is 0.305. The normalized spacial score (nSPS) is 15.3. The van der Waals surface area contributed by atoms with E-state index in [4.69, 9.17) is 4.74 Å². The van der Waals surface area contributed by atoms with Gasteiger partial charge in [0.2, 0.25) is 0 Å². The van der Waals surface area contributed by atoms with Crippen LogP contribution in [0.25, 0.3) is 0 Å². The van der Waals surface area contributed by atoms with Gasteiger partial charge in [-0.15, -0.1) is 5.10 Å². The molecule has 2 aromatic rings. The number of amides is 1. The number of piperidine rings is 1. The number of benzene rings is 1. The fourth-order valence-corrected chi connectivity index (χ4v) is 3.27. The molecule has 2 heterocycles. The predicted octanol–water partition coefficient (Wildman–Crippen LogP) is 2.53. The van der Waals surface area contributed by atoms with Crippen LogP contribution in [0.4, 0.5) is 5.69 Å². The van der Waals surface area contributed by atoms with Crippen LogP contribution in [0.15, 0.2) is 22.7 Å². The summed E-state index contributed by atoms with van der Waals surface area (Å²) in [5, 5.41) is 14.5. The molecule has 0 unspecified atom stereocenters. The molecule has 1 saturated heterocycles. The minimum atomic E-state index is -0.288. The van der Waals surface area contributed by atoms with E-state index in [1.54, 1.807) is 19.2 Å². The van der Waals surface area contributed by atoms with Gasteiger partial charge in [-0.05, 0) is 51.1 Å². The number of carbonyl (C=O) groups excluding carboxylic acids is 1. The number of hydrogen-bond donors (Lipinski definition) is 2. The quantitative estimate of drug-likeness (QED) is 0.833. The van der Waals surface area contributed by atoms with Crippen LogP contribution in [0.5, 0.6) is 5.75 Å². The van der Waals surface area contributed by atoms with Gasteiger partial charge in [-0.3, -0.25) is 4.79 Å². The first-order valence-corrected chi connectivity index (χ1v) is 8.67. The Morgan fingerprint density at radius 1 is 1.42 bits per heavy atom. The third-order valence-electron chi connectivity index (χ3n) is 4.21. The van der Waals surface area contributed by atoms with E-state index in [0.717, 1.165) is 36.1 Å². The Hall–Kier alpha value is -1.93. The van der Waals surface area contributed by atoms with E-state index in [1.165, 1.54) is 0 Å². The number of rotatable bonds is 4. The Morgan fingerprint density at radius 2 is 2.17 bits per heavy atom. The molecule has 0 bridgehead atoms. The van der Waals surface area contributed by atoms with E-state index in [2.05, 4.69) is 36.9 Å². The van der Waals surface area contributed by atoms with E-state index < -0.39 is 0 Å². The van der Waals surface area contributed by atoms with E-state index in [-0.39, 0.29) is 5.91 Å². The molecule has 0 saturated carbocycles. The lowest BCUT2D eigenvalue weighted by molar-refractivity contribution is 0.102. The molecule has 24 heavy (non-hydrogen) atoms. The van der Waals surface area contributed by atoms with Crippen molar-refractivity contribution in [3.05, 3.63) is 34.1 Å². The molecule has 1 aliphatic rings. The van der Waals surface area contributed by atoms with Gasteiger partial charge in [0.05, 0.1) is 24.5 Å². The summed E-state index contributed by atoms with van der Waals surface area (Å²) in [6.07, 6.45) is 1.98. The summed E-state index contributed by atoms with van der Waals surface area (Å²) >= 11 is 3.40. The maximum absolute atomic E-state index is 12.6. The lowest BCUT2D eigenvalue weighted by Crippen LogP contribution is -2.30. The molecule has 1 amide bonds. The predicted molar refractivity (Wildman–Crippen MR) is 94.5 cm³/mol. The molecule has 1 aliphatic heterocycles. The van der Waals surface area contributed by atoms with Crippen molar-refractivity contribution in [1.29, 1.82) is 0 Å². The van der Waals surface area contributed by atoms with Crippen LogP contribution in [0, 0.1) is 6.92 Å². The highest BCUT2D eigenvalue weighted by molar-refractivity contribution is 9.10. The average molecular weight is 394 g/mol. The molecular formula is C16H20BrN5O2. The van der Waals surface area contributed by atoms with Gasteiger partial charge in [0.1, 0.15) is 5.75 Å². The molecule has 0 spiro atoms. The van der Waals surface area contributed by atoms with Crippen molar-refractivity contribution in [2.45, 2.75) is 25.8 Å². The number of methoxy groups -OCH3 is 1. The Labute approximate surface area is 148 Å². The molecule has 0 atom stereocenters. The average Bonchev–Trinajstić information content (AvgIpc) is 2.97. The SMILES string of the molecule is COc1ccc(Br)cc1NC(=O)c1nnn(C2CCNCC2)c1C. The van der Waals surface area contributed by atoms with Gasteiger partial charge >= 0.3 is 0 Å². The van der Waals surface area contributed by atoms with Crippen LogP contribution in [0.2, 0.25) is 0 Å². The minimum absolute atomic E-state index is 0.288. The summed E-state index contributed by atoms with van der Waals surface area (Å²) < 4.78 is 8.01. The third kappa shape index (κ3) is 3.44.